The molecule has 0 unspecified atom stereocenters. The summed E-state index contributed by atoms with van der Waals surface area (Å²) in [7, 11) is 0. The van der Waals surface area contributed by atoms with Crippen LogP contribution in [0.2, 0.25) is 0 Å². The van der Waals surface area contributed by atoms with Crippen LogP contribution < -0.4 is 11.3 Å². The summed E-state index contributed by atoms with van der Waals surface area (Å²) in [5, 5.41) is 3.14. The zero-order valence-electron chi connectivity index (χ0n) is 11.9. The molecule has 1 aromatic heterocycles. The number of hydrogen-bond acceptors (Lipinski definition) is 2. The Morgan fingerprint density at radius 2 is 2.00 bits per heavy atom. The smallest absolute Gasteiger partial charge is 0.294 e. The van der Waals surface area contributed by atoms with Crippen LogP contribution in [0.25, 0.3) is 5.69 Å². The van der Waals surface area contributed by atoms with Gasteiger partial charge in [0.15, 0.2) is 0 Å². The lowest BCUT2D eigenvalue weighted by atomic mass is 10.1. The Morgan fingerprint density at radius 3 is 2.63 bits per heavy atom. The zero-order chi connectivity index (χ0) is 14.2. The molecule has 0 atom stereocenters. The molecule has 4 heteroatoms. The fourth-order valence-corrected chi connectivity index (χ4v) is 2.19. The summed E-state index contributed by atoms with van der Waals surface area (Å²) in [6.45, 7) is 8.20. The van der Waals surface area contributed by atoms with E-state index in [0.29, 0.717) is 11.6 Å². The summed E-state index contributed by atoms with van der Waals surface area (Å²) < 4.78 is 1.55. The Morgan fingerprint density at radius 1 is 1.32 bits per heavy atom. The first-order valence-corrected chi connectivity index (χ1v) is 6.57. The van der Waals surface area contributed by atoms with Crippen molar-refractivity contribution < 1.29 is 0 Å². The van der Waals surface area contributed by atoms with Crippen LogP contribution in [-0.4, -0.2) is 9.78 Å². The Labute approximate surface area is 113 Å². The van der Waals surface area contributed by atoms with E-state index >= 15 is 0 Å². The van der Waals surface area contributed by atoms with Gasteiger partial charge in [0, 0.05) is 0 Å². The van der Waals surface area contributed by atoms with Gasteiger partial charge in [0.1, 0.15) is 5.69 Å². The number of H-pyrrole nitrogens is 1. The van der Waals surface area contributed by atoms with Crippen molar-refractivity contribution in [3.63, 3.8) is 0 Å². The first-order chi connectivity index (χ1) is 8.90. The normalized spacial score (nSPS) is 11.2. The number of aromatic amines is 1. The van der Waals surface area contributed by atoms with Crippen LogP contribution in [0.4, 0.5) is 5.69 Å². The molecule has 0 aliphatic rings. The SMILES string of the molecule is Cc1ccc(C)c(-n2[nH]c(CC(C)C)c(N)c2=O)c1. The molecule has 3 N–H and O–H groups in total. The lowest BCUT2D eigenvalue weighted by Crippen LogP contribution is -2.17. The van der Waals surface area contributed by atoms with Gasteiger partial charge in [0.05, 0.1) is 11.4 Å². The van der Waals surface area contributed by atoms with E-state index in [0.717, 1.165) is 28.9 Å². The van der Waals surface area contributed by atoms with Crippen LogP contribution in [0.5, 0.6) is 0 Å². The topological polar surface area (TPSA) is 63.8 Å². The maximum absolute atomic E-state index is 12.2. The van der Waals surface area contributed by atoms with E-state index in [1.807, 2.05) is 32.0 Å². The Kier molecular flexibility index (Phi) is 3.51. The number of nitrogens with two attached hydrogens (primary N) is 1. The molecule has 0 aliphatic carbocycles. The molecule has 1 heterocycles. The number of nitrogens with zero attached hydrogens (tertiary/aromatic N) is 1. The van der Waals surface area contributed by atoms with Gasteiger partial charge < -0.3 is 5.73 Å². The molecule has 19 heavy (non-hydrogen) atoms. The van der Waals surface area contributed by atoms with Gasteiger partial charge in [-0.25, -0.2) is 4.68 Å². The minimum Gasteiger partial charge on any atom is -0.393 e. The maximum Gasteiger partial charge on any atom is 0.294 e. The van der Waals surface area contributed by atoms with Crippen LogP contribution in [0.3, 0.4) is 0 Å². The van der Waals surface area contributed by atoms with Crippen LogP contribution in [-0.2, 0) is 6.42 Å². The second kappa shape index (κ2) is 4.96. The van der Waals surface area contributed by atoms with Crippen molar-refractivity contribution in [3.8, 4) is 5.69 Å². The summed E-state index contributed by atoms with van der Waals surface area (Å²) in [5.41, 5.74) is 9.93. The second-order valence-electron chi connectivity index (χ2n) is 5.53. The van der Waals surface area contributed by atoms with Gasteiger partial charge in [-0.05, 0) is 43.4 Å². The number of benzene rings is 1. The van der Waals surface area contributed by atoms with E-state index in [1.165, 1.54) is 0 Å². The highest BCUT2D eigenvalue weighted by atomic mass is 16.1. The Hall–Kier alpha value is -1.97. The fraction of sp³-hybridized carbons (Fsp3) is 0.400. The monoisotopic (exact) mass is 259 g/mol. The summed E-state index contributed by atoms with van der Waals surface area (Å²) in [6, 6.07) is 6.03. The van der Waals surface area contributed by atoms with Crippen LogP contribution in [0.15, 0.2) is 23.0 Å². The minimum atomic E-state index is -0.163. The molecule has 1 aromatic carbocycles. The number of aryl methyl sites for hydroxylation is 2. The lowest BCUT2D eigenvalue weighted by Gasteiger charge is -2.07. The summed E-state index contributed by atoms with van der Waals surface area (Å²) >= 11 is 0. The lowest BCUT2D eigenvalue weighted by molar-refractivity contribution is 0.628. The summed E-state index contributed by atoms with van der Waals surface area (Å²) in [6.07, 6.45) is 0.777. The summed E-state index contributed by atoms with van der Waals surface area (Å²) in [4.78, 5) is 12.2. The summed E-state index contributed by atoms with van der Waals surface area (Å²) in [5.74, 6) is 0.451. The highest BCUT2D eigenvalue weighted by Gasteiger charge is 2.14. The minimum absolute atomic E-state index is 0.163. The molecule has 0 bridgehead atoms. The number of rotatable bonds is 3. The van der Waals surface area contributed by atoms with Gasteiger partial charge in [0.25, 0.3) is 5.56 Å². The molecule has 102 valence electrons. The fourth-order valence-electron chi connectivity index (χ4n) is 2.19. The van der Waals surface area contributed by atoms with E-state index in [1.54, 1.807) is 4.68 Å². The van der Waals surface area contributed by atoms with Gasteiger partial charge in [0.2, 0.25) is 0 Å². The predicted molar refractivity (Wildman–Crippen MR) is 78.8 cm³/mol. The number of hydrogen-bond donors (Lipinski definition) is 2. The van der Waals surface area contributed by atoms with Crippen LogP contribution in [0.1, 0.15) is 30.7 Å². The average Bonchev–Trinajstić information content (AvgIpc) is 2.60. The van der Waals surface area contributed by atoms with Crippen LogP contribution in [0, 0.1) is 19.8 Å². The van der Waals surface area contributed by atoms with Crippen molar-refractivity contribution in [3.05, 3.63) is 45.4 Å². The Bertz CT molecular complexity index is 650. The first-order valence-electron chi connectivity index (χ1n) is 6.57. The molecular formula is C15H21N3O. The van der Waals surface area contributed by atoms with Crippen LogP contribution >= 0.6 is 0 Å². The van der Waals surface area contributed by atoms with Gasteiger partial charge in [-0.2, -0.15) is 0 Å². The molecule has 2 aromatic rings. The molecule has 4 nitrogen and oxygen atoms in total. The van der Waals surface area contributed by atoms with E-state index < -0.39 is 0 Å². The molecule has 0 saturated heterocycles. The zero-order valence-corrected chi connectivity index (χ0v) is 11.9. The van der Waals surface area contributed by atoms with E-state index in [4.69, 9.17) is 5.73 Å². The van der Waals surface area contributed by atoms with Crippen molar-refractivity contribution in [1.82, 2.24) is 9.78 Å². The quantitative estimate of drug-likeness (QED) is 0.889. The van der Waals surface area contributed by atoms with Crippen molar-refractivity contribution in [2.45, 2.75) is 34.1 Å². The first kappa shape index (κ1) is 13.5. The molecular weight excluding hydrogens is 238 g/mol. The van der Waals surface area contributed by atoms with E-state index in [9.17, 15) is 4.79 Å². The van der Waals surface area contributed by atoms with Gasteiger partial charge in [-0.15, -0.1) is 0 Å². The van der Waals surface area contributed by atoms with Crippen molar-refractivity contribution in [2.75, 3.05) is 5.73 Å². The Balaban J connectivity index is 2.57. The van der Waals surface area contributed by atoms with Gasteiger partial charge >= 0.3 is 0 Å². The third kappa shape index (κ3) is 2.57. The number of nitrogen functional groups attached to an aromatic ring is 1. The van der Waals surface area contributed by atoms with Crippen molar-refractivity contribution >= 4 is 5.69 Å². The highest BCUT2D eigenvalue weighted by Crippen LogP contribution is 2.17. The standard InChI is InChI=1S/C15H21N3O/c1-9(2)7-12-14(16)15(19)18(17-12)13-8-10(3)5-6-11(13)4/h5-6,8-9,17H,7,16H2,1-4H3. The molecule has 0 aliphatic heterocycles. The highest BCUT2D eigenvalue weighted by molar-refractivity contribution is 5.48. The third-order valence-electron chi connectivity index (χ3n) is 3.22. The van der Waals surface area contributed by atoms with Gasteiger partial charge in [-0.1, -0.05) is 26.0 Å². The largest absolute Gasteiger partial charge is 0.393 e. The maximum atomic E-state index is 12.2. The number of nitrogens with one attached hydrogen (secondary N) is 1. The number of aromatic nitrogens is 2. The third-order valence-corrected chi connectivity index (χ3v) is 3.22. The molecule has 0 amide bonds. The molecule has 2 rings (SSSR count). The predicted octanol–water partition coefficient (Wildman–Crippen LogP) is 2.56. The van der Waals surface area contributed by atoms with Crippen molar-refractivity contribution in [1.29, 1.82) is 0 Å². The second-order valence-corrected chi connectivity index (χ2v) is 5.53. The molecule has 0 spiro atoms. The van der Waals surface area contributed by atoms with E-state index in [-0.39, 0.29) is 5.56 Å². The van der Waals surface area contributed by atoms with Crippen molar-refractivity contribution in [2.24, 2.45) is 5.92 Å². The molecule has 0 saturated carbocycles. The van der Waals surface area contributed by atoms with E-state index in [2.05, 4.69) is 18.9 Å². The molecule has 0 radical (unpaired) electrons. The molecule has 0 fully saturated rings. The number of anilines is 1. The van der Waals surface area contributed by atoms with Gasteiger partial charge in [-0.3, -0.25) is 9.89 Å². The average molecular weight is 259 g/mol.